The van der Waals surface area contributed by atoms with Crippen molar-refractivity contribution in [3.05, 3.63) is 66.5 Å². The quantitative estimate of drug-likeness (QED) is 0.722. The van der Waals surface area contributed by atoms with Gasteiger partial charge in [-0.1, -0.05) is 11.6 Å². The molecule has 1 aliphatic rings. The van der Waals surface area contributed by atoms with Gasteiger partial charge in [0.05, 0.1) is 0 Å². The highest BCUT2D eigenvalue weighted by molar-refractivity contribution is 6.30. The summed E-state index contributed by atoms with van der Waals surface area (Å²) in [6.45, 7) is 0. The lowest BCUT2D eigenvalue weighted by atomic mass is 9.97. The first-order chi connectivity index (χ1) is 7.75. The van der Waals surface area contributed by atoms with Gasteiger partial charge in [-0.05, 0) is 62.3 Å². The molecule has 5 radical (unpaired) electrons. The minimum Gasteiger partial charge on any atom is -0.294 e. The van der Waals surface area contributed by atoms with E-state index in [1.54, 1.807) is 24.3 Å². The number of Topliss-reactive ketones (excluding diaryl/α,β-unsaturated/α-hetero) is 1. The van der Waals surface area contributed by atoms with Gasteiger partial charge >= 0.3 is 0 Å². The molecule has 1 aromatic rings. The Morgan fingerprint density at radius 2 is 1.69 bits per heavy atom. The van der Waals surface area contributed by atoms with Crippen molar-refractivity contribution in [3.8, 4) is 0 Å². The monoisotopic (exact) mass is 231 g/mol. The number of ketones is 1. The van der Waals surface area contributed by atoms with Gasteiger partial charge in [-0.25, -0.2) is 0 Å². The number of rotatable bonds is 4. The summed E-state index contributed by atoms with van der Waals surface area (Å²) in [6.07, 6.45) is 9.40. The normalized spacial score (nSPS) is 16.6. The van der Waals surface area contributed by atoms with E-state index in [0.717, 1.165) is 12.0 Å². The van der Waals surface area contributed by atoms with Gasteiger partial charge in [-0.2, -0.15) is 0 Å². The molecule has 1 fully saturated rings. The second kappa shape index (κ2) is 5.49. The van der Waals surface area contributed by atoms with E-state index >= 15 is 0 Å². The van der Waals surface area contributed by atoms with E-state index in [0.29, 0.717) is 11.4 Å². The van der Waals surface area contributed by atoms with Crippen molar-refractivity contribution in [3.63, 3.8) is 0 Å². The second-order valence-corrected chi connectivity index (χ2v) is 4.16. The molecule has 0 N–H and O–H groups in total. The molecule has 0 atom stereocenters. The van der Waals surface area contributed by atoms with Gasteiger partial charge in [0.1, 0.15) is 0 Å². The van der Waals surface area contributed by atoms with Crippen molar-refractivity contribution in [1.82, 2.24) is 0 Å². The summed E-state index contributed by atoms with van der Waals surface area (Å²) >= 11 is 5.76. The minimum atomic E-state index is 0.165. The third-order valence-corrected chi connectivity index (χ3v) is 2.79. The van der Waals surface area contributed by atoms with Crippen LogP contribution < -0.4 is 0 Å². The molecule has 1 aromatic carbocycles. The van der Waals surface area contributed by atoms with E-state index in [9.17, 15) is 4.79 Å². The number of carbonyl (C=O) groups excluding carboxylic acids is 1. The highest BCUT2D eigenvalue weighted by atomic mass is 35.5. The number of hydrogen-bond donors (Lipinski definition) is 0. The van der Waals surface area contributed by atoms with Crippen LogP contribution in [0.4, 0.5) is 0 Å². The summed E-state index contributed by atoms with van der Waals surface area (Å²) in [4.78, 5) is 11.8. The molecule has 0 aromatic heterocycles. The van der Waals surface area contributed by atoms with Crippen LogP contribution in [0.15, 0.2) is 24.3 Å². The van der Waals surface area contributed by atoms with E-state index in [4.69, 9.17) is 11.6 Å². The van der Waals surface area contributed by atoms with Gasteiger partial charge in [0, 0.05) is 17.0 Å². The molecule has 0 amide bonds. The van der Waals surface area contributed by atoms with Crippen LogP contribution in [-0.2, 0) is 0 Å². The van der Waals surface area contributed by atoms with Crippen LogP contribution in [0.3, 0.4) is 0 Å². The van der Waals surface area contributed by atoms with Crippen LogP contribution >= 0.6 is 11.6 Å². The largest absolute Gasteiger partial charge is 0.294 e. The van der Waals surface area contributed by atoms with E-state index in [2.05, 4.69) is 0 Å². The molecule has 1 nitrogen and oxygen atoms in total. The van der Waals surface area contributed by atoms with Gasteiger partial charge in [0.25, 0.3) is 0 Å². The van der Waals surface area contributed by atoms with Crippen LogP contribution in [0, 0.1) is 31.6 Å². The lowest BCUT2D eigenvalue weighted by molar-refractivity contribution is 0.0982. The molecule has 1 saturated carbocycles. The summed E-state index contributed by atoms with van der Waals surface area (Å²) in [7, 11) is 0. The molecular formula is C14H12ClO. The molecule has 0 aliphatic heterocycles. The number of benzene rings is 1. The number of halogens is 1. The topological polar surface area (TPSA) is 17.1 Å². The Morgan fingerprint density at radius 1 is 1.06 bits per heavy atom. The molecule has 0 unspecified atom stereocenters. The van der Waals surface area contributed by atoms with Gasteiger partial charge in [0.15, 0.2) is 5.78 Å². The summed E-state index contributed by atoms with van der Waals surface area (Å²) in [5, 5.41) is 0.660. The Kier molecular flexibility index (Phi) is 4.00. The van der Waals surface area contributed by atoms with Crippen molar-refractivity contribution in [1.29, 1.82) is 0 Å². The zero-order chi connectivity index (χ0) is 11.4. The minimum absolute atomic E-state index is 0.165. The maximum absolute atomic E-state index is 11.8. The second-order valence-electron chi connectivity index (χ2n) is 3.72. The Labute approximate surface area is 102 Å². The third-order valence-electron chi connectivity index (χ3n) is 2.54. The summed E-state index contributed by atoms with van der Waals surface area (Å²) in [5.41, 5.74) is 0.732. The zero-order valence-corrected chi connectivity index (χ0v) is 9.58. The van der Waals surface area contributed by atoms with Gasteiger partial charge < -0.3 is 0 Å². The molecule has 0 heterocycles. The molecule has 2 heteroatoms. The van der Waals surface area contributed by atoms with Crippen molar-refractivity contribution >= 4 is 17.4 Å². The molecule has 0 saturated heterocycles. The first-order valence-corrected chi connectivity index (χ1v) is 5.63. The predicted octanol–water partition coefficient (Wildman–Crippen LogP) is 3.71. The van der Waals surface area contributed by atoms with Crippen molar-refractivity contribution in [2.75, 3.05) is 0 Å². The van der Waals surface area contributed by atoms with E-state index in [1.165, 1.54) is 5.92 Å². The van der Waals surface area contributed by atoms with Crippen molar-refractivity contribution in [2.24, 2.45) is 0 Å². The summed E-state index contributed by atoms with van der Waals surface area (Å²) in [5.74, 6) is 1.38. The first-order valence-electron chi connectivity index (χ1n) is 5.25. The van der Waals surface area contributed by atoms with Crippen LogP contribution in [0.25, 0.3) is 0 Å². The predicted molar refractivity (Wildman–Crippen MR) is 65.5 cm³/mol. The lowest BCUT2D eigenvalue weighted by Crippen LogP contribution is -2.02. The highest BCUT2D eigenvalue weighted by Gasteiger charge is 2.18. The Hall–Kier alpha value is -0.820. The highest BCUT2D eigenvalue weighted by Crippen LogP contribution is 2.27. The fraction of sp³-hybridized carbons (Fsp3) is 0.143. The van der Waals surface area contributed by atoms with Crippen LogP contribution in [-0.4, -0.2) is 5.78 Å². The molecule has 16 heavy (non-hydrogen) atoms. The molecular weight excluding hydrogens is 220 g/mol. The van der Waals surface area contributed by atoms with Crippen LogP contribution in [0.2, 0.25) is 5.02 Å². The SMILES string of the molecule is O=C(CC[C]1[CH][CH][CH][CH]1)c1ccc(Cl)cc1. The van der Waals surface area contributed by atoms with E-state index in [-0.39, 0.29) is 5.78 Å². The van der Waals surface area contributed by atoms with Crippen LogP contribution in [0.5, 0.6) is 0 Å². The average Bonchev–Trinajstić information content (AvgIpc) is 2.80. The van der Waals surface area contributed by atoms with E-state index < -0.39 is 0 Å². The average molecular weight is 232 g/mol. The first kappa shape index (κ1) is 11.7. The van der Waals surface area contributed by atoms with Gasteiger partial charge in [0.2, 0.25) is 0 Å². The number of carbonyl (C=O) groups is 1. The molecule has 0 bridgehead atoms. The van der Waals surface area contributed by atoms with Crippen molar-refractivity contribution < 1.29 is 4.79 Å². The molecule has 1 aliphatic carbocycles. The summed E-state index contributed by atoms with van der Waals surface area (Å²) in [6, 6.07) is 7.04. The van der Waals surface area contributed by atoms with Crippen LogP contribution in [0.1, 0.15) is 23.2 Å². The van der Waals surface area contributed by atoms with Crippen molar-refractivity contribution in [2.45, 2.75) is 12.8 Å². The smallest absolute Gasteiger partial charge is 0.162 e. The zero-order valence-electron chi connectivity index (χ0n) is 8.82. The standard InChI is InChI=1S/C14H12ClO/c15-13-8-6-12(7-9-13)14(16)10-5-11-3-1-2-4-11/h1-4,6-9H,5,10H2. The molecule has 81 valence electrons. The fourth-order valence-electron chi connectivity index (χ4n) is 1.62. The number of hydrogen-bond acceptors (Lipinski definition) is 1. The maximum atomic E-state index is 11.8. The van der Waals surface area contributed by atoms with E-state index in [1.807, 2.05) is 25.7 Å². The van der Waals surface area contributed by atoms with Gasteiger partial charge in [-0.15, -0.1) is 0 Å². The fourth-order valence-corrected chi connectivity index (χ4v) is 1.74. The molecule has 2 rings (SSSR count). The molecule has 0 spiro atoms. The van der Waals surface area contributed by atoms with Gasteiger partial charge in [-0.3, -0.25) is 4.79 Å². The Bertz CT molecular complexity index is 350. The third kappa shape index (κ3) is 3.08. The summed E-state index contributed by atoms with van der Waals surface area (Å²) < 4.78 is 0. The lowest BCUT2D eigenvalue weighted by Gasteiger charge is -2.06. The Morgan fingerprint density at radius 3 is 2.31 bits per heavy atom. The Balaban J connectivity index is 1.85. The maximum Gasteiger partial charge on any atom is 0.162 e.